The third-order valence-corrected chi connectivity index (χ3v) is 20.7. The summed E-state index contributed by atoms with van der Waals surface area (Å²) in [5.41, 5.74) is -3.68. The minimum Gasteiger partial charge on any atom is -0.479 e. The Labute approximate surface area is 454 Å². The van der Waals surface area contributed by atoms with Gasteiger partial charge in [0.15, 0.2) is 31.1 Å². The normalized spacial score (nSPS) is 50.1. The standard InChI is InChI=1S/C55H86O23/c1-11-23(4)47(70)77-43-44(78-46(69)22(2)3)55(21-58)27(18-51(43,6)7)26-12-13-31-52(8)16-15-28(24(5)25(52)14-17-53(31,9)54(26,10)41(65)42(55)66)71-50-40(76-49-36(63)34(61)32(59)29(19-56)72-49)38(37(64)39(75-50)45(67)68)74-48-35(62)33(60)30(20-57)73-48/h11-12,22,24-25,27-44,48-50,56-66H,13-21H2,1-10H3,(H,67,68). The Morgan fingerprint density at radius 2 is 1.32 bits per heavy atom. The number of rotatable bonds is 14. The van der Waals surface area contributed by atoms with Crippen LogP contribution in [0.3, 0.4) is 0 Å². The summed E-state index contributed by atoms with van der Waals surface area (Å²) in [5, 5.41) is 133. The number of aliphatic hydroxyl groups is 11. The van der Waals surface area contributed by atoms with E-state index in [-0.39, 0.29) is 17.8 Å². The topological polar surface area (TPSA) is 368 Å². The van der Waals surface area contributed by atoms with Gasteiger partial charge in [-0.25, -0.2) is 9.59 Å². The number of hydrogen-bond acceptors (Lipinski definition) is 22. The maximum atomic E-state index is 13.7. The lowest BCUT2D eigenvalue weighted by atomic mass is 9.33. The lowest BCUT2D eigenvalue weighted by Gasteiger charge is -2.72. The Bertz CT molecular complexity index is 2260. The van der Waals surface area contributed by atoms with Gasteiger partial charge in [0.2, 0.25) is 0 Å². The number of esters is 2. The van der Waals surface area contributed by atoms with Gasteiger partial charge in [-0.2, -0.15) is 0 Å². The Balaban J connectivity index is 1.12. The van der Waals surface area contributed by atoms with Crippen molar-refractivity contribution >= 4 is 17.9 Å². The van der Waals surface area contributed by atoms with Crippen LogP contribution in [-0.4, -0.2) is 216 Å². The molecule has 0 amide bonds. The van der Waals surface area contributed by atoms with E-state index in [2.05, 4.69) is 19.9 Å². The SMILES string of the molecule is CC=C(C)C(=O)OC1C(OC(=O)C(C)C)C2(CO)C(CC1(C)C)C1=CCC3C4(C)CCC(OC5OC(C(=O)O)C(O)C(OC6OC(CO)C(O)C6O)C5OC5OC(CO)C(O)C(O)C5O)C(C)C4CCC3(C)C1(C)C(O)C2O. The molecule has 0 aromatic carbocycles. The van der Waals surface area contributed by atoms with Gasteiger partial charge in [0.05, 0.1) is 49.5 Å². The monoisotopic (exact) mass is 1110 g/mol. The van der Waals surface area contributed by atoms with Crippen molar-refractivity contribution < 1.29 is 114 Å². The van der Waals surface area contributed by atoms with Crippen LogP contribution in [0.1, 0.15) is 108 Å². The molecule has 0 radical (unpaired) electrons. The van der Waals surface area contributed by atoms with Gasteiger partial charge < -0.3 is 99.2 Å². The zero-order valence-corrected chi connectivity index (χ0v) is 46.2. The van der Waals surface area contributed by atoms with Crippen molar-refractivity contribution in [3.05, 3.63) is 23.3 Å². The zero-order valence-electron chi connectivity index (χ0n) is 46.2. The number of aliphatic carboxylic acids is 1. The summed E-state index contributed by atoms with van der Waals surface area (Å²) in [6.45, 7) is 16.5. The van der Waals surface area contributed by atoms with E-state index in [1.165, 1.54) is 0 Å². The van der Waals surface area contributed by atoms with E-state index in [0.717, 1.165) is 5.57 Å². The number of carbonyl (C=O) groups is 3. The van der Waals surface area contributed by atoms with Gasteiger partial charge in [-0.05, 0) is 86.9 Å². The molecule has 7 fully saturated rings. The zero-order chi connectivity index (χ0) is 57.7. The van der Waals surface area contributed by atoms with Crippen molar-refractivity contribution in [3.63, 3.8) is 0 Å². The second-order valence-electron chi connectivity index (χ2n) is 25.4. The van der Waals surface area contributed by atoms with Gasteiger partial charge in [0, 0.05) is 16.4 Å². The van der Waals surface area contributed by atoms with Crippen molar-refractivity contribution in [2.75, 3.05) is 19.8 Å². The second kappa shape index (κ2) is 22.4. The number of ether oxygens (including phenoxy) is 8. The van der Waals surface area contributed by atoms with E-state index in [0.29, 0.717) is 44.1 Å². The largest absolute Gasteiger partial charge is 0.479 e. The van der Waals surface area contributed by atoms with Crippen molar-refractivity contribution in [3.8, 4) is 0 Å². The summed E-state index contributed by atoms with van der Waals surface area (Å²) < 4.78 is 48.7. The molecular formula is C55H86O23. The molecule has 0 bridgehead atoms. The van der Waals surface area contributed by atoms with Crippen LogP contribution < -0.4 is 0 Å². The highest BCUT2D eigenvalue weighted by atomic mass is 16.8. The molecule has 23 heteroatoms. The molecule has 0 aromatic rings. The van der Waals surface area contributed by atoms with E-state index in [1.54, 1.807) is 33.8 Å². The highest BCUT2D eigenvalue weighted by Crippen LogP contribution is 2.75. The van der Waals surface area contributed by atoms with E-state index >= 15 is 0 Å². The van der Waals surface area contributed by atoms with Crippen LogP contribution in [0.25, 0.3) is 0 Å². The summed E-state index contributed by atoms with van der Waals surface area (Å²) in [6, 6.07) is 0. The molecule has 4 saturated carbocycles. The third kappa shape index (κ3) is 9.62. The van der Waals surface area contributed by atoms with Crippen molar-refractivity contribution in [1.82, 2.24) is 0 Å². The summed E-state index contributed by atoms with van der Waals surface area (Å²) in [4.78, 5) is 40.0. The molecule has 12 N–H and O–H groups in total. The molecule has 78 heavy (non-hydrogen) atoms. The van der Waals surface area contributed by atoms with Crippen molar-refractivity contribution in [2.45, 2.75) is 224 Å². The summed E-state index contributed by atoms with van der Waals surface area (Å²) in [5.74, 6) is -4.71. The molecule has 8 rings (SSSR count). The van der Waals surface area contributed by atoms with Crippen LogP contribution in [0.4, 0.5) is 0 Å². The Morgan fingerprint density at radius 3 is 1.88 bits per heavy atom. The molecular weight excluding hydrogens is 1030 g/mol. The first-order chi connectivity index (χ1) is 36.5. The summed E-state index contributed by atoms with van der Waals surface area (Å²) in [7, 11) is 0. The number of carboxylic acids is 1. The van der Waals surface area contributed by atoms with Crippen molar-refractivity contribution in [2.24, 2.45) is 56.7 Å². The predicted molar refractivity (Wildman–Crippen MR) is 268 cm³/mol. The van der Waals surface area contributed by atoms with Crippen LogP contribution in [0, 0.1) is 56.7 Å². The van der Waals surface area contributed by atoms with Gasteiger partial charge in [-0.15, -0.1) is 0 Å². The van der Waals surface area contributed by atoms with Gasteiger partial charge >= 0.3 is 17.9 Å². The van der Waals surface area contributed by atoms with E-state index < -0.39 is 193 Å². The molecule has 27 atom stereocenters. The van der Waals surface area contributed by atoms with Crippen LogP contribution in [0.5, 0.6) is 0 Å². The first-order valence-corrected chi connectivity index (χ1v) is 27.6. The average molecular weight is 1120 g/mol. The molecule has 23 nitrogen and oxygen atoms in total. The van der Waals surface area contributed by atoms with E-state index in [9.17, 15) is 75.7 Å². The maximum absolute atomic E-state index is 13.7. The lowest BCUT2D eigenvalue weighted by Crippen LogP contribution is -2.76. The fraction of sp³-hybridized carbons (Fsp3) is 0.873. The Morgan fingerprint density at radius 1 is 0.731 bits per heavy atom. The van der Waals surface area contributed by atoms with Gasteiger partial charge in [0.25, 0.3) is 0 Å². The number of fused-ring (bicyclic) bond motifs is 7. The Hall–Kier alpha value is -2.79. The number of carbonyl (C=O) groups excluding carboxylic acids is 2. The molecule has 8 aliphatic rings. The summed E-state index contributed by atoms with van der Waals surface area (Å²) in [6.07, 6.45) is -25.1. The van der Waals surface area contributed by atoms with E-state index in [4.69, 9.17) is 37.9 Å². The molecule has 5 aliphatic carbocycles. The fourth-order valence-electron chi connectivity index (χ4n) is 15.7. The lowest BCUT2D eigenvalue weighted by molar-refractivity contribution is -0.384. The average Bonchev–Trinajstić information content (AvgIpc) is 2.25. The third-order valence-electron chi connectivity index (χ3n) is 20.7. The number of aliphatic hydroxyl groups excluding tert-OH is 11. The second-order valence-corrected chi connectivity index (χ2v) is 25.4. The molecule has 3 aliphatic heterocycles. The number of allylic oxidation sites excluding steroid dienone is 2. The molecule has 3 heterocycles. The van der Waals surface area contributed by atoms with Crippen LogP contribution in [-0.2, 0) is 52.3 Å². The molecule has 0 aromatic heterocycles. The van der Waals surface area contributed by atoms with Crippen molar-refractivity contribution in [1.29, 1.82) is 0 Å². The fourth-order valence-corrected chi connectivity index (χ4v) is 15.7. The maximum Gasteiger partial charge on any atom is 0.335 e. The summed E-state index contributed by atoms with van der Waals surface area (Å²) >= 11 is 0. The van der Waals surface area contributed by atoms with Crippen LogP contribution >= 0.6 is 0 Å². The van der Waals surface area contributed by atoms with E-state index in [1.807, 2.05) is 27.7 Å². The highest BCUT2D eigenvalue weighted by molar-refractivity contribution is 5.87. The minimum absolute atomic E-state index is 0.0974. The van der Waals surface area contributed by atoms with Crippen LogP contribution in [0.2, 0.25) is 0 Å². The van der Waals surface area contributed by atoms with Gasteiger partial charge in [-0.1, -0.05) is 73.1 Å². The van der Waals surface area contributed by atoms with Crippen LogP contribution in [0.15, 0.2) is 23.3 Å². The number of carboxylic acid groups (broad SMARTS) is 1. The van der Waals surface area contributed by atoms with Gasteiger partial charge in [-0.3, -0.25) is 4.79 Å². The first kappa shape index (κ1) is 61.3. The number of hydrogen-bond donors (Lipinski definition) is 12. The smallest absolute Gasteiger partial charge is 0.335 e. The highest BCUT2D eigenvalue weighted by Gasteiger charge is 2.76. The molecule has 0 spiro atoms. The molecule has 444 valence electrons. The predicted octanol–water partition coefficient (Wildman–Crippen LogP) is -0.438. The van der Waals surface area contributed by atoms with Gasteiger partial charge in [0.1, 0.15) is 67.1 Å². The minimum atomic E-state index is -2.12. The molecule has 3 saturated heterocycles. The first-order valence-electron chi connectivity index (χ1n) is 27.6. The molecule has 27 unspecified atom stereocenters. The quantitative estimate of drug-likeness (QED) is 0.0454. The Kier molecular flexibility index (Phi) is 17.6.